The normalized spacial score (nSPS) is 11.0. The van der Waals surface area contributed by atoms with Crippen molar-refractivity contribution in [2.45, 2.75) is 78.3 Å². The number of rotatable bonds is 10. The van der Waals surface area contributed by atoms with Crippen LogP contribution in [0.2, 0.25) is 0 Å². The highest BCUT2D eigenvalue weighted by Crippen LogP contribution is 2.08. The van der Waals surface area contributed by atoms with Gasteiger partial charge in [0.2, 0.25) is 0 Å². The summed E-state index contributed by atoms with van der Waals surface area (Å²) >= 11 is 0. The second kappa shape index (κ2) is 9.42. The van der Waals surface area contributed by atoms with Gasteiger partial charge in [0.15, 0.2) is 0 Å². The minimum Gasteiger partial charge on any atom is -0.393 e. The van der Waals surface area contributed by atoms with E-state index in [1.165, 1.54) is 53.9 Å². The van der Waals surface area contributed by atoms with E-state index in [2.05, 4.69) is 6.92 Å². The van der Waals surface area contributed by atoms with E-state index >= 15 is 0 Å². The summed E-state index contributed by atoms with van der Waals surface area (Å²) in [6.07, 6.45) is 10.9. The summed E-state index contributed by atoms with van der Waals surface area (Å²) in [5.41, 5.74) is 5.22. The molecule has 1 rings (SSSR count). The quantitative estimate of drug-likeness (QED) is 0.675. The van der Waals surface area contributed by atoms with Crippen LogP contribution in [0.3, 0.4) is 0 Å². The maximum Gasteiger partial charge on any atom is 0.331 e. The Balaban J connectivity index is 2.44. The van der Waals surface area contributed by atoms with Crippen molar-refractivity contribution in [2.24, 2.45) is 0 Å². The fraction of sp³-hybridized carbons (Fsp3) is 0.750. The monoisotopic (exact) mass is 295 g/mol. The second-order valence-electron chi connectivity index (χ2n) is 5.58. The van der Waals surface area contributed by atoms with Crippen LogP contribution < -0.4 is 17.0 Å². The van der Waals surface area contributed by atoms with Crippen molar-refractivity contribution in [3.8, 4) is 0 Å². The molecule has 0 spiro atoms. The predicted molar refractivity (Wildman–Crippen MR) is 87.7 cm³/mol. The van der Waals surface area contributed by atoms with Crippen molar-refractivity contribution in [1.82, 2.24) is 9.13 Å². The van der Waals surface area contributed by atoms with Gasteiger partial charge in [0.1, 0.15) is 5.69 Å². The molecule has 0 saturated carbocycles. The molecule has 21 heavy (non-hydrogen) atoms. The van der Waals surface area contributed by atoms with Gasteiger partial charge in [-0.3, -0.25) is 13.9 Å². The van der Waals surface area contributed by atoms with Crippen molar-refractivity contribution < 1.29 is 0 Å². The molecule has 0 bridgehead atoms. The van der Waals surface area contributed by atoms with Crippen LogP contribution in [0.4, 0.5) is 5.69 Å². The van der Waals surface area contributed by atoms with Crippen molar-refractivity contribution in [3.63, 3.8) is 0 Å². The maximum atomic E-state index is 12.1. The van der Waals surface area contributed by atoms with Gasteiger partial charge in [0, 0.05) is 19.3 Å². The molecule has 0 aliphatic heterocycles. The fourth-order valence-corrected chi connectivity index (χ4v) is 2.50. The average Bonchev–Trinajstić information content (AvgIpc) is 2.48. The van der Waals surface area contributed by atoms with E-state index in [-0.39, 0.29) is 16.9 Å². The zero-order valence-electron chi connectivity index (χ0n) is 13.4. The molecule has 0 aromatic carbocycles. The fourth-order valence-electron chi connectivity index (χ4n) is 2.50. The van der Waals surface area contributed by atoms with Gasteiger partial charge in [-0.1, -0.05) is 51.9 Å². The number of nitrogens with zero attached hydrogens (tertiary/aromatic N) is 2. The summed E-state index contributed by atoms with van der Waals surface area (Å²) in [6.45, 7) is 5.08. The number of aryl methyl sites for hydroxylation is 1. The second-order valence-corrected chi connectivity index (χ2v) is 5.58. The summed E-state index contributed by atoms with van der Waals surface area (Å²) < 4.78 is 2.76. The smallest absolute Gasteiger partial charge is 0.331 e. The Bertz CT molecular complexity index is 531. The van der Waals surface area contributed by atoms with E-state index in [0.29, 0.717) is 13.1 Å². The van der Waals surface area contributed by atoms with E-state index < -0.39 is 0 Å². The Morgan fingerprint density at radius 1 is 0.952 bits per heavy atom. The van der Waals surface area contributed by atoms with Crippen LogP contribution in [0.5, 0.6) is 0 Å². The highest BCUT2D eigenvalue weighted by molar-refractivity contribution is 5.30. The third-order valence-corrected chi connectivity index (χ3v) is 3.84. The summed E-state index contributed by atoms with van der Waals surface area (Å²) in [5.74, 6) is 0. The molecule has 1 heterocycles. The Morgan fingerprint density at radius 2 is 1.52 bits per heavy atom. The van der Waals surface area contributed by atoms with E-state index in [0.717, 1.165) is 12.8 Å². The largest absolute Gasteiger partial charge is 0.393 e. The Kier molecular flexibility index (Phi) is 7.87. The van der Waals surface area contributed by atoms with Gasteiger partial charge in [-0.15, -0.1) is 0 Å². The number of nitrogens with two attached hydrogens (primary N) is 1. The first-order chi connectivity index (χ1) is 10.1. The molecule has 0 saturated heterocycles. The van der Waals surface area contributed by atoms with Gasteiger partial charge in [-0.25, -0.2) is 4.79 Å². The lowest BCUT2D eigenvalue weighted by molar-refractivity contribution is 0.509. The number of anilines is 1. The zero-order chi connectivity index (χ0) is 15.7. The summed E-state index contributed by atoms with van der Waals surface area (Å²) in [5, 5.41) is 0. The van der Waals surface area contributed by atoms with Gasteiger partial charge in [0.25, 0.3) is 5.56 Å². The van der Waals surface area contributed by atoms with Gasteiger partial charge >= 0.3 is 5.69 Å². The van der Waals surface area contributed by atoms with E-state index in [1.807, 2.05) is 6.92 Å². The third-order valence-electron chi connectivity index (χ3n) is 3.84. The van der Waals surface area contributed by atoms with E-state index in [1.54, 1.807) is 0 Å². The minimum atomic E-state index is -0.354. The lowest BCUT2D eigenvalue weighted by Crippen LogP contribution is -2.40. The minimum absolute atomic E-state index is 0.149. The maximum absolute atomic E-state index is 12.1. The van der Waals surface area contributed by atoms with Gasteiger partial charge in [-0.2, -0.15) is 0 Å². The number of hydrogen-bond donors (Lipinski definition) is 1. The lowest BCUT2D eigenvalue weighted by Gasteiger charge is -2.09. The molecular weight excluding hydrogens is 266 g/mol. The highest BCUT2D eigenvalue weighted by Gasteiger charge is 2.07. The average molecular weight is 295 g/mol. The molecule has 1 aromatic rings. The van der Waals surface area contributed by atoms with Crippen LogP contribution in [0, 0.1) is 0 Å². The third kappa shape index (κ3) is 5.40. The Hall–Kier alpha value is -1.52. The van der Waals surface area contributed by atoms with Crippen molar-refractivity contribution in [2.75, 3.05) is 5.73 Å². The molecule has 5 heteroatoms. The molecule has 120 valence electrons. The van der Waals surface area contributed by atoms with E-state index in [4.69, 9.17) is 5.73 Å². The van der Waals surface area contributed by atoms with Crippen LogP contribution in [-0.2, 0) is 13.1 Å². The molecule has 0 aliphatic rings. The first-order valence-electron chi connectivity index (χ1n) is 8.21. The van der Waals surface area contributed by atoms with Crippen LogP contribution in [0.25, 0.3) is 0 Å². The van der Waals surface area contributed by atoms with Gasteiger partial charge in [-0.05, 0) is 13.3 Å². The molecule has 0 atom stereocenters. The first-order valence-corrected chi connectivity index (χ1v) is 8.21. The van der Waals surface area contributed by atoms with Crippen molar-refractivity contribution in [3.05, 3.63) is 27.0 Å². The Morgan fingerprint density at radius 3 is 2.10 bits per heavy atom. The molecule has 0 fully saturated rings. The van der Waals surface area contributed by atoms with Gasteiger partial charge in [0.05, 0.1) is 0 Å². The molecular formula is C16H29N3O2. The lowest BCUT2D eigenvalue weighted by atomic mass is 10.1. The van der Waals surface area contributed by atoms with Crippen LogP contribution >= 0.6 is 0 Å². The SMILES string of the molecule is CCCCCCCCCCn1c(=O)c(N)cn(CC)c1=O. The number of unbranched alkanes of at least 4 members (excludes halogenated alkanes) is 7. The first kappa shape index (κ1) is 17.5. The molecule has 2 N–H and O–H groups in total. The predicted octanol–water partition coefficient (Wildman–Crippen LogP) is 2.75. The van der Waals surface area contributed by atoms with Crippen LogP contribution in [0.1, 0.15) is 65.2 Å². The molecule has 0 aliphatic carbocycles. The molecule has 5 nitrogen and oxygen atoms in total. The van der Waals surface area contributed by atoms with Crippen molar-refractivity contribution in [1.29, 1.82) is 0 Å². The van der Waals surface area contributed by atoms with Crippen LogP contribution in [0.15, 0.2) is 15.8 Å². The molecule has 0 radical (unpaired) electrons. The topological polar surface area (TPSA) is 70.0 Å². The van der Waals surface area contributed by atoms with Gasteiger partial charge < -0.3 is 5.73 Å². The molecule has 0 amide bonds. The summed E-state index contributed by atoms with van der Waals surface area (Å²) in [4.78, 5) is 24.0. The Labute approximate surface area is 126 Å². The highest BCUT2D eigenvalue weighted by atomic mass is 16.2. The summed E-state index contributed by atoms with van der Waals surface area (Å²) in [7, 11) is 0. The molecule has 0 unspecified atom stereocenters. The van der Waals surface area contributed by atoms with Crippen molar-refractivity contribution >= 4 is 5.69 Å². The number of aromatic nitrogens is 2. The zero-order valence-corrected chi connectivity index (χ0v) is 13.4. The number of nitrogen functional groups attached to an aromatic ring is 1. The standard InChI is InChI=1S/C16H29N3O2/c1-3-5-6-7-8-9-10-11-12-19-15(20)14(17)13-18(4-2)16(19)21/h13H,3-12,17H2,1-2H3. The van der Waals surface area contributed by atoms with E-state index in [9.17, 15) is 9.59 Å². The summed E-state index contributed by atoms with van der Waals surface area (Å²) in [6, 6.07) is 0. The van der Waals surface area contributed by atoms with Crippen LogP contribution in [-0.4, -0.2) is 9.13 Å². The molecule has 1 aromatic heterocycles. The number of hydrogen-bond acceptors (Lipinski definition) is 3.